The Balaban J connectivity index is 1.49. The molecule has 3 unspecified atom stereocenters. The second-order valence-electron chi connectivity index (χ2n) is 10.6. The van der Waals surface area contributed by atoms with Crippen molar-refractivity contribution in [1.29, 1.82) is 0 Å². The predicted molar refractivity (Wildman–Crippen MR) is 128 cm³/mol. The second-order valence-corrected chi connectivity index (χ2v) is 10.6. The van der Waals surface area contributed by atoms with Gasteiger partial charge in [0.25, 0.3) is 5.91 Å². The summed E-state index contributed by atoms with van der Waals surface area (Å²) in [6.07, 6.45) is 1.40. The molecule has 2 saturated heterocycles. The van der Waals surface area contributed by atoms with Crippen molar-refractivity contribution in [3.63, 3.8) is 0 Å². The second kappa shape index (κ2) is 10.2. The molecular weight excluding hydrogens is 418 g/mol. The van der Waals surface area contributed by atoms with E-state index in [4.69, 9.17) is 4.74 Å². The molecule has 0 aromatic heterocycles. The molecule has 3 rings (SSSR count). The number of benzene rings is 1. The van der Waals surface area contributed by atoms with Crippen molar-refractivity contribution in [2.75, 3.05) is 26.2 Å². The smallest absolute Gasteiger partial charge is 0.251 e. The molecule has 182 valence electrons. The van der Waals surface area contributed by atoms with E-state index in [1.165, 1.54) is 0 Å². The lowest BCUT2D eigenvalue weighted by Gasteiger charge is -2.39. The highest BCUT2D eigenvalue weighted by molar-refractivity contribution is 5.97. The number of nitrogens with one attached hydrogen (secondary N) is 1. The van der Waals surface area contributed by atoms with Crippen LogP contribution in [-0.4, -0.2) is 72.0 Å². The molecule has 3 amide bonds. The van der Waals surface area contributed by atoms with Gasteiger partial charge in [-0.3, -0.25) is 14.4 Å². The van der Waals surface area contributed by atoms with Crippen LogP contribution in [0.4, 0.5) is 0 Å². The quantitative estimate of drug-likeness (QED) is 0.754. The number of nitrogens with zero attached hydrogens (tertiary/aromatic N) is 2. The summed E-state index contributed by atoms with van der Waals surface area (Å²) in [5.41, 5.74) is 1.71. The molecule has 0 radical (unpaired) electrons. The standard InChI is InChI=1S/C26H39N3O4/c1-17-15-29(16-18(2)33-17)25(32)21-11-13-28(14-12-21)24(31)19(3)27-23(30)20-7-9-22(10-8-20)26(4,5)6/h7-10,17-19,21H,11-16H2,1-6H3,(H,27,30). The fraction of sp³-hybridized carbons (Fsp3) is 0.654. The van der Waals surface area contributed by atoms with Gasteiger partial charge < -0.3 is 19.9 Å². The number of piperidine rings is 1. The van der Waals surface area contributed by atoms with Crippen LogP contribution in [0.5, 0.6) is 0 Å². The van der Waals surface area contributed by atoms with E-state index in [2.05, 4.69) is 26.1 Å². The Morgan fingerprint density at radius 2 is 1.52 bits per heavy atom. The molecule has 7 nitrogen and oxygen atoms in total. The number of morpholine rings is 1. The van der Waals surface area contributed by atoms with Crippen LogP contribution in [0.3, 0.4) is 0 Å². The van der Waals surface area contributed by atoms with Crippen molar-refractivity contribution in [2.24, 2.45) is 5.92 Å². The average molecular weight is 458 g/mol. The summed E-state index contributed by atoms with van der Waals surface area (Å²) >= 11 is 0. The van der Waals surface area contributed by atoms with Gasteiger partial charge in [0.2, 0.25) is 11.8 Å². The molecule has 2 aliphatic heterocycles. The molecule has 2 aliphatic rings. The van der Waals surface area contributed by atoms with Crippen molar-refractivity contribution in [3.05, 3.63) is 35.4 Å². The number of likely N-dealkylation sites (tertiary alicyclic amines) is 1. The normalized spacial score (nSPS) is 23.2. The van der Waals surface area contributed by atoms with Crippen LogP contribution < -0.4 is 5.32 Å². The maximum Gasteiger partial charge on any atom is 0.251 e. The Bertz CT molecular complexity index is 843. The third-order valence-electron chi connectivity index (χ3n) is 6.62. The lowest BCUT2D eigenvalue weighted by Crippen LogP contribution is -2.53. The first-order valence-electron chi connectivity index (χ1n) is 12.1. The first kappa shape index (κ1) is 25.2. The van der Waals surface area contributed by atoms with Gasteiger partial charge in [-0.15, -0.1) is 0 Å². The third-order valence-corrected chi connectivity index (χ3v) is 6.62. The van der Waals surface area contributed by atoms with Gasteiger partial charge in [0.1, 0.15) is 6.04 Å². The predicted octanol–water partition coefficient (Wildman–Crippen LogP) is 2.98. The van der Waals surface area contributed by atoms with Crippen LogP contribution in [-0.2, 0) is 19.7 Å². The minimum atomic E-state index is -0.618. The molecule has 33 heavy (non-hydrogen) atoms. The topological polar surface area (TPSA) is 79.0 Å². The number of ether oxygens (including phenoxy) is 1. The Morgan fingerprint density at radius 3 is 2.03 bits per heavy atom. The van der Waals surface area contributed by atoms with Crippen molar-refractivity contribution in [3.8, 4) is 0 Å². The minimum absolute atomic E-state index is 0.0179. The fourth-order valence-electron chi connectivity index (χ4n) is 4.70. The van der Waals surface area contributed by atoms with Gasteiger partial charge in [-0.1, -0.05) is 32.9 Å². The average Bonchev–Trinajstić information content (AvgIpc) is 2.77. The number of carbonyl (C=O) groups is 3. The summed E-state index contributed by atoms with van der Waals surface area (Å²) in [6, 6.07) is 6.90. The van der Waals surface area contributed by atoms with Crippen LogP contribution in [0.1, 0.15) is 70.3 Å². The summed E-state index contributed by atoms with van der Waals surface area (Å²) in [4.78, 5) is 42.2. The van der Waals surface area contributed by atoms with Crippen LogP contribution in [0.25, 0.3) is 0 Å². The fourth-order valence-corrected chi connectivity index (χ4v) is 4.70. The maximum absolute atomic E-state index is 13.0. The van der Waals surface area contributed by atoms with E-state index in [9.17, 15) is 14.4 Å². The van der Waals surface area contributed by atoms with Crippen molar-refractivity contribution in [1.82, 2.24) is 15.1 Å². The highest BCUT2D eigenvalue weighted by Crippen LogP contribution is 2.24. The van der Waals surface area contributed by atoms with Gasteiger partial charge in [0, 0.05) is 37.7 Å². The molecule has 7 heteroatoms. The number of carbonyl (C=O) groups excluding carboxylic acids is 3. The zero-order valence-corrected chi connectivity index (χ0v) is 20.9. The number of hydrogen-bond donors (Lipinski definition) is 1. The largest absolute Gasteiger partial charge is 0.372 e. The van der Waals surface area contributed by atoms with E-state index in [0.29, 0.717) is 44.6 Å². The Labute approximate surface area is 197 Å². The summed E-state index contributed by atoms with van der Waals surface area (Å²) in [5.74, 6) is -0.243. The van der Waals surface area contributed by atoms with Crippen LogP contribution >= 0.6 is 0 Å². The van der Waals surface area contributed by atoms with E-state index >= 15 is 0 Å². The lowest BCUT2D eigenvalue weighted by atomic mass is 9.86. The molecule has 2 fully saturated rings. The summed E-state index contributed by atoms with van der Waals surface area (Å²) in [7, 11) is 0. The van der Waals surface area contributed by atoms with Gasteiger partial charge in [0.05, 0.1) is 12.2 Å². The molecule has 2 heterocycles. The first-order chi connectivity index (χ1) is 15.5. The van der Waals surface area contributed by atoms with Crippen molar-refractivity contribution in [2.45, 2.75) is 78.0 Å². The van der Waals surface area contributed by atoms with Crippen LogP contribution in [0.15, 0.2) is 24.3 Å². The lowest BCUT2D eigenvalue weighted by molar-refractivity contribution is -0.150. The monoisotopic (exact) mass is 457 g/mol. The minimum Gasteiger partial charge on any atom is -0.372 e. The zero-order valence-electron chi connectivity index (χ0n) is 20.9. The molecule has 1 aromatic carbocycles. The van der Waals surface area contributed by atoms with E-state index in [1.807, 2.05) is 30.9 Å². The van der Waals surface area contributed by atoms with E-state index in [-0.39, 0.29) is 41.3 Å². The zero-order chi connectivity index (χ0) is 24.3. The highest BCUT2D eigenvalue weighted by Gasteiger charge is 2.34. The summed E-state index contributed by atoms with van der Waals surface area (Å²) in [6.45, 7) is 14.4. The van der Waals surface area contributed by atoms with Gasteiger partial charge in [-0.25, -0.2) is 0 Å². The van der Waals surface area contributed by atoms with Gasteiger partial charge in [0.15, 0.2) is 0 Å². The van der Waals surface area contributed by atoms with Gasteiger partial charge in [-0.05, 0) is 56.7 Å². The molecule has 3 atom stereocenters. The molecule has 1 N–H and O–H groups in total. The van der Waals surface area contributed by atoms with Gasteiger partial charge in [-0.2, -0.15) is 0 Å². The molecule has 0 saturated carbocycles. The number of amides is 3. The van der Waals surface area contributed by atoms with Crippen molar-refractivity contribution >= 4 is 17.7 Å². The van der Waals surface area contributed by atoms with E-state index < -0.39 is 6.04 Å². The van der Waals surface area contributed by atoms with E-state index in [0.717, 1.165) is 5.56 Å². The molecule has 0 bridgehead atoms. The highest BCUT2D eigenvalue weighted by atomic mass is 16.5. The Morgan fingerprint density at radius 1 is 0.970 bits per heavy atom. The SMILES string of the molecule is CC1CN(C(=O)C2CCN(C(=O)C(C)NC(=O)c3ccc(C(C)(C)C)cc3)CC2)CC(C)O1. The molecule has 0 aliphatic carbocycles. The Kier molecular flexibility index (Phi) is 7.83. The molecule has 1 aromatic rings. The third kappa shape index (κ3) is 6.34. The summed E-state index contributed by atoms with van der Waals surface area (Å²) in [5, 5.41) is 2.83. The van der Waals surface area contributed by atoms with Gasteiger partial charge >= 0.3 is 0 Å². The summed E-state index contributed by atoms with van der Waals surface area (Å²) < 4.78 is 5.73. The van der Waals surface area contributed by atoms with E-state index in [1.54, 1.807) is 24.0 Å². The molecule has 0 spiro atoms. The van der Waals surface area contributed by atoms with Crippen LogP contribution in [0.2, 0.25) is 0 Å². The number of hydrogen-bond acceptors (Lipinski definition) is 4. The van der Waals surface area contributed by atoms with Crippen molar-refractivity contribution < 1.29 is 19.1 Å². The number of rotatable bonds is 4. The first-order valence-corrected chi connectivity index (χ1v) is 12.1. The Hall–Kier alpha value is -2.41. The maximum atomic E-state index is 13.0. The molecular formula is C26H39N3O4. The van der Waals surface area contributed by atoms with Crippen LogP contribution in [0, 0.1) is 5.92 Å².